The summed E-state index contributed by atoms with van der Waals surface area (Å²) in [5.41, 5.74) is 0.947. The van der Waals surface area contributed by atoms with Crippen molar-refractivity contribution < 1.29 is 14.5 Å². The standard InChI is InChI=1S/C23H32N6O4/c1-4-33-23(30)19-10-12-27(13-11-19)21-20(29(31)32)22(25-17-24-21)28(15-14-26(2)3)16-18-8-6-5-7-9-18/h5-9,17,19H,4,10-16H2,1-3H3. The fraction of sp³-hybridized carbons (Fsp3) is 0.522. The Morgan fingerprint density at radius 2 is 1.88 bits per heavy atom. The average molecular weight is 457 g/mol. The van der Waals surface area contributed by atoms with Gasteiger partial charge in [0.2, 0.25) is 11.6 Å². The van der Waals surface area contributed by atoms with E-state index in [0.29, 0.717) is 63.8 Å². The van der Waals surface area contributed by atoms with E-state index in [2.05, 4.69) is 9.97 Å². The van der Waals surface area contributed by atoms with Gasteiger partial charge in [0.15, 0.2) is 0 Å². The first-order valence-corrected chi connectivity index (χ1v) is 11.2. The molecule has 10 nitrogen and oxygen atoms in total. The summed E-state index contributed by atoms with van der Waals surface area (Å²) >= 11 is 0. The Balaban J connectivity index is 1.89. The molecule has 2 aromatic rings. The summed E-state index contributed by atoms with van der Waals surface area (Å²) in [6.07, 6.45) is 2.54. The number of ether oxygens (including phenoxy) is 1. The third-order valence-corrected chi connectivity index (χ3v) is 5.71. The molecule has 0 saturated carbocycles. The van der Waals surface area contributed by atoms with Gasteiger partial charge in [0.25, 0.3) is 0 Å². The van der Waals surface area contributed by atoms with Crippen LogP contribution in [0.4, 0.5) is 17.3 Å². The van der Waals surface area contributed by atoms with Crippen LogP contribution in [0.2, 0.25) is 0 Å². The molecule has 1 saturated heterocycles. The predicted octanol–water partition coefficient (Wildman–Crippen LogP) is 2.73. The van der Waals surface area contributed by atoms with Gasteiger partial charge in [0.05, 0.1) is 17.4 Å². The first-order chi connectivity index (χ1) is 15.9. The predicted molar refractivity (Wildman–Crippen MR) is 126 cm³/mol. The van der Waals surface area contributed by atoms with Crippen molar-refractivity contribution in [2.45, 2.75) is 26.3 Å². The molecule has 0 radical (unpaired) electrons. The van der Waals surface area contributed by atoms with Crippen LogP contribution in [-0.2, 0) is 16.1 Å². The number of hydrogen-bond donors (Lipinski definition) is 0. The van der Waals surface area contributed by atoms with E-state index >= 15 is 0 Å². The number of rotatable bonds is 10. The van der Waals surface area contributed by atoms with Crippen LogP contribution in [0.15, 0.2) is 36.7 Å². The number of esters is 1. The van der Waals surface area contributed by atoms with Gasteiger partial charge in [0, 0.05) is 32.7 Å². The summed E-state index contributed by atoms with van der Waals surface area (Å²) in [6.45, 7) is 4.92. The number of likely N-dealkylation sites (N-methyl/N-ethyl adjacent to an activating group) is 1. The maximum absolute atomic E-state index is 12.2. The molecule has 0 atom stereocenters. The van der Waals surface area contributed by atoms with Gasteiger partial charge >= 0.3 is 11.7 Å². The molecule has 0 bridgehead atoms. The van der Waals surface area contributed by atoms with E-state index in [0.717, 1.165) is 5.56 Å². The summed E-state index contributed by atoms with van der Waals surface area (Å²) in [4.78, 5) is 38.4. The van der Waals surface area contributed by atoms with Crippen LogP contribution in [0, 0.1) is 16.0 Å². The van der Waals surface area contributed by atoms with Crippen molar-refractivity contribution in [2.24, 2.45) is 5.92 Å². The molecule has 10 heteroatoms. The molecular formula is C23H32N6O4. The van der Waals surface area contributed by atoms with Crippen molar-refractivity contribution in [1.29, 1.82) is 0 Å². The van der Waals surface area contributed by atoms with Crippen molar-refractivity contribution in [2.75, 3.05) is 56.7 Å². The van der Waals surface area contributed by atoms with E-state index in [1.165, 1.54) is 6.33 Å². The smallest absolute Gasteiger partial charge is 0.353 e. The number of hydrogen-bond acceptors (Lipinski definition) is 9. The van der Waals surface area contributed by atoms with E-state index in [9.17, 15) is 14.9 Å². The highest BCUT2D eigenvalue weighted by Crippen LogP contribution is 2.36. The number of nitrogens with zero attached hydrogens (tertiary/aromatic N) is 6. The fourth-order valence-corrected chi connectivity index (χ4v) is 3.96. The number of carbonyl (C=O) groups excluding carboxylic acids is 1. The Labute approximate surface area is 194 Å². The first-order valence-electron chi connectivity index (χ1n) is 11.2. The second-order valence-corrected chi connectivity index (χ2v) is 8.35. The maximum Gasteiger partial charge on any atom is 0.353 e. The molecule has 0 N–H and O–H groups in total. The zero-order valence-corrected chi connectivity index (χ0v) is 19.5. The molecular weight excluding hydrogens is 424 g/mol. The van der Waals surface area contributed by atoms with Crippen LogP contribution in [-0.4, -0.2) is 72.6 Å². The van der Waals surface area contributed by atoms with Gasteiger partial charge < -0.3 is 19.4 Å². The lowest BCUT2D eigenvalue weighted by molar-refractivity contribution is -0.383. The number of anilines is 2. The molecule has 1 aromatic carbocycles. The minimum absolute atomic E-state index is 0.0956. The largest absolute Gasteiger partial charge is 0.466 e. The normalized spacial score (nSPS) is 14.4. The Bertz CT molecular complexity index is 932. The third-order valence-electron chi connectivity index (χ3n) is 5.71. The summed E-state index contributed by atoms with van der Waals surface area (Å²) in [5, 5.41) is 12.2. The molecule has 3 rings (SSSR count). The highest BCUT2D eigenvalue weighted by molar-refractivity contribution is 5.74. The van der Waals surface area contributed by atoms with Crippen LogP contribution in [0.3, 0.4) is 0 Å². The zero-order chi connectivity index (χ0) is 23.8. The Morgan fingerprint density at radius 3 is 2.48 bits per heavy atom. The lowest BCUT2D eigenvalue weighted by Gasteiger charge is -2.32. The van der Waals surface area contributed by atoms with Crippen LogP contribution in [0.1, 0.15) is 25.3 Å². The molecule has 178 valence electrons. The molecule has 1 aliphatic rings. The van der Waals surface area contributed by atoms with Crippen molar-refractivity contribution >= 4 is 23.3 Å². The molecule has 33 heavy (non-hydrogen) atoms. The fourth-order valence-electron chi connectivity index (χ4n) is 3.96. The number of aromatic nitrogens is 2. The molecule has 2 heterocycles. The van der Waals surface area contributed by atoms with Gasteiger partial charge in [-0.05, 0) is 39.4 Å². The average Bonchev–Trinajstić information content (AvgIpc) is 2.82. The lowest BCUT2D eigenvalue weighted by Crippen LogP contribution is -2.38. The molecule has 1 aliphatic heterocycles. The molecule has 1 aromatic heterocycles. The van der Waals surface area contributed by atoms with E-state index in [4.69, 9.17) is 4.74 Å². The summed E-state index contributed by atoms with van der Waals surface area (Å²) < 4.78 is 5.14. The lowest BCUT2D eigenvalue weighted by atomic mass is 9.97. The van der Waals surface area contributed by atoms with E-state index in [-0.39, 0.29) is 17.6 Å². The second-order valence-electron chi connectivity index (χ2n) is 8.35. The van der Waals surface area contributed by atoms with Crippen molar-refractivity contribution in [1.82, 2.24) is 14.9 Å². The van der Waals surface area contributed by atoms with Crippen molar-refractivity contribution in [3.05, 3.63) is 52.3 Å². The summed E-state index contributed by atoms with van der Waals surface area (Å²) in [6, 6.07) is 9.84. The summed E-state index contributed by atoms with van der Waals surface area (Å²) in [5.74, 6) is 0.224. The van der Waals surface area contributed by atoms with Gasteiger partial charge in [-0.15, -0.1) is 0 Å². The van der Waals surface area contributed by atoms with Crippen LogP contribution >= 0.6 is 0 Å². The Kier molecular flexibility index (Phi) is 8.53. The monoisotopic (exact) mass is 456 g/mol. The first kappa shape index (κ1) is 24.4. The number of benzene rings is 1. The van der Waals surface area contributed by atoms with E-state index in [1.54, 1.807) is 6.92 Å². The van der Waals surface area contributed by atoms with Crippen molar-refractivity contribution in [3.8, 4) is 0 Å². The van der Waals surface area contributed by atoms with Crippen LogP contribution in [0.25, 0.3) is 0 Å². The molecule has 1 fully saturated rings. The highest BCUT2D eigenvalue weighted by Gasteiger charge is 2.33. The van der Waals surface area contributed by atoms with Gasteiger partial charge in [-0.2, -0.15) is 0 Å². The quantitative estimate of drug-likeness (QED) is 0.303. The summed E-state index contributed by atoms with van der Waals surface area (Å²) in [7, 11) is 3.93. The highest BCUT2D eigenvalue weighted by atomic mass is 16.6. The van der Waals surface area contributed by atoms with E-state index < -0.39 is 4.92 Å². The van der Waals surface area contributed by atoms with Gasteiger partial charge in [-0.1, -0.05) is 30.3 Å². The van der Waals surface area contributed by atoms with Crippen LogP contribution < -0.4 is 9.80 Å². The minimum atomic E-state index is -0.393. The second kappa shape index (κ2) is 11.6. The zero-order valence-electron chi connectivity index (χ0n) is 19.5. The van der Waals surface area contributed by atoms with E-state index in [1.807, 2.05) is 59.1 Å². The molecule has 0 unspecified atom stereocenters. The van der Waals surface area contributed by atoms with Gasteiger partial charge in [0.1, 0.15) is 6.33 Å². The SMILES string of the molecule is CCOC(=O)C1CCN(c2ncnc(N(CCN(C)C)Cc3ccccc3)c2[N+](=O)[O-])CC1. The maximum atomic E-state index is 12.2. The Hall–Kier alpha value is -3.27. The molecule has 0 spiro atoms. The third kappa shape index (κ3) is 6.38. The minimum Gasteiger partial charge on any atom is -0.466 e. The molecule has 0 aliphatic carbocycles. The van der Waals surface area contributed by atoms with Crippen molar-refractivity contribution in [3.63, 3.8) is 0 Å². The van der Waals surface area contributed by atoms with Gasteiger partial charge in [-0.25, -0.2) is 9.97 Å². The van der Waals surface area contributed by atoms with Gasteiger partial charge in [-0.3, -0.25) is 14.9 Å². The number of piperidine rings is 1. The topological polar surface area (TPSA) is 105 Å². The molecule has 0 amide bonds. The van der Waals surface area contributed by atoms with Crippen LogP contribution in [0.5, 0.6) is 0 Å². The Morgan fingerprint density at radius 1 is 1.18 bits per heavy atom. The number of carbonyl (C=O) groups is 1. The number of nitro groups is 1.